The number of benzene rings is 3. The number of hydrogen-bond donors (Lipinski definition) is 0. The number of fused-ring (bicyclic) bond motifs is 2. The summed E-state index contributed by atoms with van der Waals surface area (Å²) >= 11 is 4.61. The van der Waals surface area contributed by atoms with Crippen molar-refractivity contribution in [2.45, 2.75) is 39.5 Å². The molecule has 0 aliphatic rings. The predicted octanol–water partition coefficient (Wildman–Crippen LogP) is 10.7. The Labute approximate surface area is 263 Å². The van der Waals surface area contributed by atoms with Crippen molar-refractivity contribution >= 4 is 56.5 Å². The monoisotopic (exact) mass is 618 g/mol. The first kappa shape index (κ1) is 27.8. The van der Waals surface area contributed by atoms with Crippen molar-refractivity contribution in [3.63, 3.8) is 0 Å². The second-order valence-electron chi connectivity index (χ2n) is 10.6. The number of unbranched alkanes of at least 4 members (excludes halogenated alkanes) is 3. The number of ether oxygens (including phenoxy) is 1. The minimum absolute atomic E-state index is 0.733. The van der Waals surface area contributed by atoms with Crippen LogP contribution >= 0.6 is 34.4 Å². The highest BCUT2D eigenvalue weighted by atomic mass is 32.1. The second kappa shape index (κ2) is 12.3. The number of aromatic nitrogens is 4. The molecule has 0 amide bonds. The molecule has 214 valence electrons. The molecule has 0 aliphatic carbocycles. The minimum atomic E-state index is 0.733. The minimum Gasteiger partial charge on any atom is -0.494 e. The van der Waals surface area contributed by atoms with E-state index < -0.39 is 0 Å². The maximum absolute atomic E-state index is 6.06. The van der Waals surface area contributed by atoms with Crippen molar-refractivity contribution in [3.8, 4) is 49.1 Å². The van der Waals surface area contributed by atoms with Gasteiger partial charge in [0.2, 0.25) is 0 Å². The zero-order chi connectivity index (χ0) is 29.2. The summed E-state index contributed by atoms with van der Waals surface area (Å²) < 4.78 is 15.7. The summed E-state index contributed by atoms with van der Waals surface area (Å²) in [4.78, 5) is 13.1. The maximum atomic E-state index is 6.06. The Morgan fingerprint density at radius 1 is 0.628 bits per heavy atom. The molecule has 0 saturated carbocycles. The fourth-order valence-corrected chi connectivity index (χ4v) is 7.48. The number of aryl methyl sites for hydroxylation is 1. The van der Waals surface area contributed by atoms with Crippen LogP contribution in [0.1, 0.15) is 38.2 Å². The number of rotatable bonds is 10. The van der Waals surface area contributed by atoms with Gasteiger partial charge in [-0.15, -0.1) is 22.7 Å². The zero-order valence-electron chi connectivity index (χ0n) is 24.0. The summed E-state index contributed by atoms with van der Waals surface area (Å²) in [6.07, 6.45) is 4.73. The second-order valence-corrected chi connectivity index (χ2v) is 13.0. The Bertz CT molecular complexity index is 1980. The average molecular weight is 619 g/mol. The van der Waals surface area contributed by atoms with E-state index in [0.717, 1.165) is 84.2 Å². The highest BCUT2D eigenvalue weighted by Gasteiger charge is 2.25. The van der Waals surface area contributed by atoms with Gasteiger partial charge in [-0.25, -0.2) is 9.97 Å². The van der Waals surface area contributed by atoms with Crippen molar-refractivity contribution in [3.05, 3.63) is 89.1 Å². The van der Waals surface area contributed by atoms with E-state index in [-0.39, 0.29) is 0 Å². The Kier molecular flexibility index (Phi) is 7.98. The molecule has 0 spiro atoms. The van der Waals surface area contributed by atoms with E-state index >= 15 is 0 Å². The molecule has 3 aromatic carbocycles. The third-order valence-corrected chi connectivity index (χ3v) is 9.89. The van der Waals surface area contributed by atoms with E-state index in [0.29, 0.717) is 0 Å². The maximum Gasteiger partial charge on any atom is 0.119 e. The van der Waals surface area contributed by atoms with E-state index in [4.69, 9.17) is 23.5 Å². The molecule has 0 saturated heterocycles. The van der Waals surface area contributed by atoms with Gasteiger partial charge < -0.3 is 4.74 Å². The molecule has 8 heteroatoms. The lowest BCUT2D eigenvalue weighted by atomic mass is 9.98. The molecule has 4 aromatic heterocycles. The quantitative estimate of drug-likeness (QED) is 0.143. The van der Waals surface area contributed by atoms with Gasteiger partial charge in [-0.2, -0.15) is 8.75 Å². The first-order valence-corrected chi connectivity index (χ1v) is 17.1. The van der Waals surface area contributed by atoms with Gasteiger partial charge in [0.1, 0.15) is 27.8 Å². The summed E-state index contributed by atoms with van der Waals surface area (Å²) in [5, 5.41) is 4.19. The van der Waals surface area contributed by atoms with Gasteiger partial charge in [0.05, 0.1) is 29.7 Å². The summed E-state index contributed by atoms with van der Waals surface area (Å²) in [7, 11) is 0. The van der Waals surface area contributed by atoms with Crippen molar-refractivity contribution in [1.29, 1.82) is 0 Å². The Balaban J connectivity index is 1.46. The number of hydrogen-bond acceptors (Lipinski definition) is 8. The molecular weight excluding hydrogens is 589 g/mol. The van der Waals surface area contributed by atoms with Gasteiger partial charge in [0.25, 0.3) is 0 Å². The summed E-state index contributed by atoms with van der Waals surface area (Å²) in [5.74, 6) is 0.875. The van der Waals surface area contributed by atoms with E-state index in [1.165, 1.54) is 36.6 Å². The van der Waals surface area contributed by atoms with Crippen LogP contribution in [0.5, 0.6) is 5.75 Å². The van der Waals surface area contributed by atoms with Crippen LogP contribution in [0, 0.1) is 6.92 Å². The third-order valence-electron chi connectivity index (χ3n) is 7.59. The highest BCUT2D eigenvalue weighted by Crippen LogP contribution is 2.45. The van der Waals surface area contributed by atoms with Crippen molar-refractivity contribution < 1.29 is 4.74 Å². The largest absolute Gasteiger partial charge is 0.494 e. The molecule has 0 bridgehead atoms. The first-order valence-electron chi connectivity index (χ1n) is 14.6. The van der Waals surface area contributed by atoms with E-state index in [9.17, 15) is 0 Å². The van der Waals surface area contributed by atoms with Crippen LogP contribution in [0.2, 0.25) is 0 Å². The lowest BCUT2D eigenvalue weighted by molar-refractivity contribution is 0.305. The van der Waals surface area contributed by atoms with Gasteiger partial charge in [-0.05, 0) is 60.5 Å². The molecule has 0 unspecified atom stereocenters. The first-order chi connectivity index (χ1) is 21.2. The SMILES string of the molecule is CCCCCCOc1ccc(-c2nc3c(-c4cccs4)c4nsnc4c(-c4cccs4)c3nc2-c2ccc(C)cc2)cc1. The summed E-state index contributed by atoms with van der Waals surface area (Å²) in [6.45, 7) is 5.06. The van der Waals surface area contributed by atoms with Crippen LogP contribution in [-0.2, 0) is 0 Å². The van der Waals surface area contributed by atoms with E-state index in [2.05, 4.69) is 85.3 Å². The summed E-state index contributed by atoms with van der Waals surface area (Å²) in [5.41, 5.74) is 10.3. The fourth-order valence-electron chi connectivity index (χ4n) is 5.38. The van der Waals surface area contributed by atoms with Gasteiger partial charge in [0.15, 0.2) is 0 Å². The lowest BCUT2D eigenvalue weighted by Crippen LogP contribution is -2.00. The normalized spacial score (nSPS) is 11.5. The van der Waals surface area contributed by atoms with Crippen LogP contribution in [0.3, 0.4) is 0 Å². The molecule has 7 aromatic rings. The summed E-state index contributed by atoms with van der Waals surface area (Å²) in [6, 6.07) is 25.2. The molecule has 0 atom stereocenters. The van der Waals surface area contributed by atoms with Crippen molar-refractivity contribution in [1.82, 2.24) is 18.7 Å². The average Bonchev–Trinajstić information content (AvgIpc) is 3.84. The topological polar surface area (TPSA) is 60.8 Å². The number of thiophene rings is 2. The van der Waals surface area contributed by atoms with Crippen LogP contribution in [-0.4, -0.2) is 25.3 Å². The Morgan fingerprint density at radius 2 is 1.19 bits per heavy atom. The van der Waals surface area contributed by atoms with Gasteiger partial charge in [-0.1, -0.05) is 68.1 Å². The molecule has 0 radical (unpaired) electrons. The van der Waals surface area contributed by atoms with E-state index in [1.54, 1.807) is 22.7 Å². The molecule has 0 fully saturated rings. The van der Waals surface area contributed by atoms with Gasteiger partial charge in [-0.3, -0.25) is 0 Å². The van der Waals surface area contributed by atoms with Crippen LogP contribution in [0.15, 0.2) is 83.6 Å². The van der Waals surface area contributed by atoms with Crippen molar-refractivity contribution in [2.75, 3.05) is 6.61 Å². The van der Waals surface area contributed by atoms with Crippen LogP contribution < -0.4 is 4.74 Å². The van der Waals surface area contributed by atoms with Gasteiger partial charge in [0, 0.05) is 32.0 Å². The van der Waals surface area contributed by atoms with Crippen molar-refractivity contribution in [2.24, 2.45) is 0 Å². The predicted molar refractivity (Wildman–Crippen MR) is 182 cm³/mol. The Hall–Kier alpha value is -3.98. The fraction of sp³-hybridized carbons (Fsp3) is 0.200. The standard InChI is InChI=1S/C35H30N4OS3/c1-3-4-5-6-19-40-25-17-15-24(16-18-25)31-30(23-13-11-22(2)12-14-23)36-32-28(26-9-7-20-41-26)34-35(39-43-38-34)29(33(32)37-31)27-10-8-21-42-27/h7-18,20-21H,3-6,19H2,1-2H3. The third kappa shape index (κ3) is 5.46. The molecule has 43 heavy (non-hydrogen) atoms. The van der Waals surface area contributed by atoms with Crippen LogP contribution in [0.4, 0.5) is 0 Å². The smallest absolute Gasteiger partial charge is 0.119 e. The molecular formula is C35H30N4OS3. The molecule has 0 aliphatic heterocycles. The Morgan fingerprint density at radius 3 is 1.70 bits per heavy atom. The van der Waals surface area contributed by atoms with E-state index in [1.807, 2.05) is 12.1 Å². The zero-order valence-corrected chi connectivity index (χ0v) is 26.5. The van der Waals surface area contributed by atoms with Crippen LogP contribution in [0.25, 0.3) is 65.5 Å². The van der Waals surface area contributed by atoms with Gasteiger partial charge >= 0.3 is 0 Å². The highest BCUT2D eigenvalue weighted by molar-refractivity contribution is 7.14. The molecule has 7 rings (SSSR count). The molecule has 0 N–H and O–H groups in total. The molecule has 4 heterocycles. The lowest BCUT2D eigenvalue weighted by Gasteiger charge is -2.16. The number of nitrogens with zero attached hydrogens (tertiary/aromatic N) is 4. The molecule has 5 nitrogen and oxygen atoms in total.